The lowest BCUT2D eigenvalue weighted by atomic mass is 10.2. The lowest BCUT2D eigenvalue weighted by molar-refractivity contribution is 0.122. The summed E-state index contributed by atoms with van der Waals surface area (Å²) < 4.78 is 17.1. The normalized spacial score (nSPS) is 14.8. The second kappa shape index (κ2) is 8.53. The van der Waals surface area contributed by atoms with Crippen molar-refractivity contribution in [3.63, 3.8) is 0 Å². The van der Waals surface area contributed by atoms with Gasteiger partial charge >= 0.3 is 0 Å². The van der Waals surface area contributed by atoms with Crippen molar-refractivity contribution >= 4 is 40.2 Å². The SMILES string of the molecule is COc1cc(C=Nc2ccc(N3CCOCC3)cc2)cc(I)c1OC. The van der Waals surface area contributed by atoms with E-state index in [2.05, 4.69) is 44.6 Å². The van der Waals surface area contributed by atoms with Gasteiger partial charge in [-0.1, -0.05) is 0 Å². The minimum absolute atomic E-state index is 0.707. The predicted octanol–water partition coefficient (Wildman–Crippen LogP) is 3.90. The highest BCUT2D eigenvalue weighted by atomic mass is 127. The molecule has 0 bridgehead atoms. The summed E-state index contributed by atoms with van der Waals surface area (Å²) in [4.78, 5) is 6.89. The number of anilines is 1. The van der Waals surface area contributed by atoms with Crippen LogP contribution in [0.2, 0.25) is 0 Å². The Bertz CT molecular complexity index is 741. The first-order valence-corrected chi connectivity index (χ1v) is 9.17. The molecule has 0 N–H and O–H groups in total. The summed E-state index contributed by atoms with van der Waals surface area (Å²) in [5.41, 5.74) is 3.10. The van der Waals surface area contributed by atoms with Crippen LogP contribution in [-0.2, 0) is 4.74 Å². The van der Waals surface area contributed by atoms with Crippen molar-refractivity contribution in [1.29, 1.82) is 0 Å². The third-order valence-corrected chi connectivity index (χ3v) is 4.85. The van der Waals surface area contributed by atoms with Crippen LogP contribution < -0.4 is 14.4 Å². The molecule has 132 valence electrons. The molecule has 1 aliphatic rings. The highest BCUT2D eigenvalue weighted by molar-refractivity contribution is 14.1. The molecule has 0 spiro atoms. The fourth-order valence-corrected chi connectivity index (χ4v) is 3.58. The van der Waals surface area contributed by atoms with Crippen LogP contribution in [-0.4, -0.2) is 46.7 Å². The van der Waals surface area contributed by atoms with E-state index in [4.69, 9.17) is 14.2 Å². The van der Waals surface area contributed by atoms with E-state index in [0.717, 1.165) is 46.9 Å². The monoisotopic (exact) mass is 452 g/mol. The van der Waals surface area contributed by atoms with Crippen molar-refractivity contribution in [3.05, 3.63) is 45.5 Å². The summed E-state index contributed by atoms with van der Waals surface area (Å²) in [6.07, 6.45) is 1.84. The Morgan fingerprint density at radius 2 is 1.80 bits per heavy atom. The van der Waals surface area contributed by atoms with Gasteiger partial charge in [-0.15, -0.1) is 0 Å². The van der Waals surface area contributed by atoms with Gasteiger partial charge < -0.3 is 19.1 Å². The van der Waals surface area contributed by atoms with E-state index in [1.807, 2.05) is 30.5 Å². The molecule has 1 fully saturated rings. The third kappa shape index (κ3) is 4.43. The molecule has 0 unspecified atom stereocenters. The molecule has 0 radical (unpaired) electrons. The lowest BCUT2D eigenvalue weighted by Gasteiger charge is -2.28. The molecule has 0 amide bonds. The largest absolute Gasteiger partial charge is 0.493 e. The second-order valence-corrected chi connectivity index (χ2v) is 6.77. The maximum absolute atomic E-state index is 5.39. The summed E-state index contributed by atoms with van der Waals surface area (Å²) >= 11 is 2.24. The van der Waals surface area contributed by atoms with Gasteiger partial charge in [0.2, 0.25) is 0 Å². The van der Waals surface area contributed by atoms with Gasteiger partial charge in [-0.3, -0.25) is 4.99 Å². The predicted molar refractivity (Wildman–Crippen MR) is 109 cm³/mol. The van der Waals surface area contributed by atoms with Gasteiger partial charge in [-0.05, 0) is 64.6 Å². The number of rotatable bonds is 5. The lowest BCUT2D eigenvalue weighted by Crippen LogP contribution is -2.36. The molecule has 2 aromatic carbocycles. The Hall–Kier alpha value is -1.80. The van der Waals surface area contributed by atoms with Crippen LogP contribution in [0.4, 0.5) is 11.4 Å². The Kier molecular flexibility index (Phi) is 6.14. The zero-order valence-corrected chi connectivity index (χ0v) is 16.5. The highest BCUT2D eigenvalue weighted by Gasteiger charge is 2.11. The fraction of sp³-hybridized carbons (Fsp3) is 0.316. The van der Waals surface area contributed by atoms with Crippen LogP contribution >= 0.6 is 22.6 Å². The van der Waals surface area contributed by atoms with Crippen LogP contribution in [0.1, 0.15) is 5.56 Å². The molecule has 0 aliphatic carbocycles. The molecule has 6 heteroatoms. The molecule has 3 rings (SSSR count). The maximum Gasteiger partial charge on any atom is 0.174 e. The molecule has 1 heterocycles. The molecule has 5 nitrogen and oxygen atoms in total. The first-order chi connectivity index (χ1) is 12.2. The van der Waals surface area contributed by atoms with E-state index in [1.54, 1.807) is 14.2 Å². The van der Waals surface area contributed by atoms with Crippen LogP contribution in [0, 0.1) is 3.57 Å². The molecule has 2 aromatic rings. The average Bonchev–Trinajstić information content (AvgIpc) is 2.67. The average molecular weight is 452 g/mol. The summed E-state index contributed by atoms with van der Waals surface area (Å²) in [6.45, 7) is 3.45. The number of morpholine rings is 1. The number of hydrogen-bond donors (Lipinski definition) is 0. The van der Waals surface area contributed by atoms with Gasteiger partial charge in [-0.2, -0.15) is 0 Å². The van der Waals surface area contributed by atoms with Gasteiger partial charge in [-0.25, -0.2) is 0 Å². The molecule has 1 saturated heterocycles. The van der Waals surface area contributed by atoms with Gasteiger partial charge in [0.15, 0.2) is 11.5 Å². The van der Waals surface area contributed by atoms with Crippen LogP contribution in [0.3, 0.4) is 0 Å². The number of hydrogen-bond acceptors (Lipinski definition) is 5. The molecular weight excluding hydrogens is 431 g/mol. The second-order valence-electron chi connectivity index (χ2n) is 5.61. The Balaban J connectivity index is 1.74. The van der Waals surface area contributed by atoms with Crippen molar-refractivity contribution in [2.75, 3.05) is 45.4 Å². The van der Waals surface area contributed by atoms with Crippen LogP contribution in [0.15, 0.2) is 41.4 Å². The number of benzene rings is 2. The standard InChI is InChI=1S/C19H21IN2O3/c1-23-18-12-14(11-17(20)19(18)24-2)13-21-15-3-5-16(6-4-15)22-7-9-25-10-8-22/h3-6,11-13H,7-10H2,1-2H3. The molecule has 1 aliphatic heterocycles. The molecule has 0 aromatic heterocycles. The van der Waals surface area contributed by atoms with Crippen LogP contribution in [0.5, 0.6) is 11.5 Å². The number of ether oxygens (including phenoxy) is 3. The number of halogens is 1. The van der Waals surface area contributed by atoms with Crippen molar-refractivity contribution in [3.8, 4) is 11.5 Å². The van der Waals surface area contributed by atoms with E-state index >= 15 is 0 Å². The Morgan fingerprint density at radius 1 is 1.08 bits per heavy atom. The molecular formula is C19H21IN2O3. The first-order valence-electron chi connectivity index (χ1n) is 8.09. The van der Waals surface area contributed by atoms with E-state index < -0.39 is 0 Å². The Labute approximate surface area is 161 Å². The smallest absolute Gasteiger partial charge is 0.174 e. The van der Waals surface area contributed by atoms with Gasteiger partial charge in [0, 0.05) is 25.0 Å². The summed E-state index contributed by atoms with van der Waals surface area (Å²) in [6, 6.07) is 12.2. The maximum atomic E-state index is 5.39. The van der Waals surface area contributed by atoms with Gasteiger partial charge in [0.05, 0.1) is 36.7 Å². The van der Waals surface area contributed by atoms with E-state index in [9.17, 15) is 0 Å². The topological polar surface area (TPSA) is 43.3 Å². The van der Waals surface area contributed by atoms with E-state index in [-0.39, 0.29) is 0 Å². The number of methoxy groups -OCH3 is 2. The minimum Gasteiger partial charge on any atom is -0.493 e. The van der Waals surface area contributed by atoms with Crippen LogP contribution in [0.25, 0.3) is 0 Å². The summed E-state index contributed by atoms with van der Waals surface area (Å²) in [5, 5.41) is 0. The number of nitrogens with zero attached hydrogens (tertiary/aromatic N) is 2. The minimum atomic E-state index is 0.707. The van der Waals surface area contributed by atoms with Crippen molar-refractivity contribution in [2.24, 2.45) is 4.99 Å². The highest BCUT2D eigenvalue weighted by Crippen LogP contribution is 2.33. The first kappa shape index (κ1) is 18.0. The van der Waals surface area contributed by atoms with Gasteiger partial charge in [0.1, 0.15) is 0 Å². The van der Waals surface area contributed by atoms with E-state index in [1.165, 1.54) is 5.69 Å². The van der Waals surface area contributed by atoms with Gasteiger partial charge in [0.25, 0.3) is 0 Å². The third-order valence-electron chi connectivity index (χ3n) is 4.04. The molecule has 0 saturated carbocycles. The summed E-state index contributed by atoms with van der Waals surface area (Å²) in [7, 11) is 3.28. The van der Waals surface area contributed by atoms with Crippen molar-refractivity contribution < 1.29 is 14.2 Å². The number of aliphatic imine (C=N–C) groups is 1. The quantitative estimate of drug-likeness (QED) is 0.510. The molecule has 25 heavy (non-hydrogen) atoms. The van der Waals surface area contributed by atoms with Crippen molar-refractivity contribution in [1.82, 2.24) is 0 Å². The van der Waals surface area contributed by atoms with Crippen molar-refractivity contribution in [2.45, 2.75) is 0 Å². The summed E-state index contributed by atoms with van der Waals surface area (Å²) in [5.74, 6) is 1.45. The molecule has 0 atom stereocenters. The Morgan fingerprint density at radius 3 is 2.44 bits per heavy atom. The fourth-order valence-electron chi connectivity index (χ4n) is 2.73. The zero-order valence-electron chi connectivity index (χ0n) is 14.4. The van der Waals surface area contributed by atoms with E-state index in [0.29, 0.717) is 5.75 Å². The zero-order chi connectivity index (χ0) is 17.6.